The molecule has 1 rings (SSSR count). The Kier molecular flexibility index (Phi) is 4.85. The lowest BCUT2D eigenvalue weighted by Crippen LogP contribution is -2.36. The summed E-state index contributed by atoms with van der Waals surface area (Å²) >= 11 is 4.69. The number of anilines is 1. The molecule has 0 unspecified atom stereocenters. The molecule has 1 aromatic rings. The first kappa shape index (κ1) is 14.7. The van der Waals surface area contributed by atoms with E-state index in [1.54, 1.807) is 0 Å². The van der Waals surface area contributed by atoms with Gasteiger partial charge in [0, 0.05) is 6.54 Å². The monoisotopic (exact) mass is 279 g/mol. The van der Waals surface area contributed by atoms with Crippen LogP contribution in [-0.4, -0.2) is 41.0 Å². The van der Waals surface area contributed by atoms with Crippen LogP contribution in [0.3, 0.4) is 0 Å². The maximum absolute atomic E-state index is 12.3. The van der Waals surface area contributed by atoms with Gasteiger partial charge in [-0.05, 0) is 12.1 Å². The number of hydrogen-bond donors (Lipinski definition) is 2. The Morgan fingerprint density at radius 2 is 2.11 bits per heavy atom. The molecular weight excluding hydrogens is 267 g/mol. The van der Waals surface area contributed by atoms with E-state index in [0.717, 1.165) is 4.90 Å². The van der Waals surface area contributed by atoms with Crippen LogP contribution in [0.5, 0.6) is 0 Å². The average molecular weight is 279 g/mol. The number of aliphatic hydroxyl groups is 1. The number of aromatic nitrogens is 1. The van der Waals surface area contributed by atoms with Crippen LogP contribution in [0.4, 0.5) is 18.9 Å². The van der Waals surface area contributed by atoms with Crippen LogP contribution in [0.1, 0.15) is 5.69 Å². The minimum atomic E-state index is -4.35. The molecule has 0 spiro atoms. The second-order valence-corrected chi connectivity index (χ2v) is 3.97. The van der Waals surface area contributed by atoms with E-state index in [-0.39, 0.29) is 23.8 Å². The summed E-state index contributed by atoms with van der Waals surface area (Å²) in [6, 6.07) is 2.88. The van der Waals surface area contributed by atoms with E-state index in [2.05, 4.69) is 4.98 Å². The Labute approximate surface area is 107 Å². The predicted molar refractivity (Wildman–Crippen MR) is 65.5 cm³/mol. The summed E-state index contributed by atoms with van der Waals surface area (Å²) in [5.74, 6) is 0. The molecule has 1 aromatic heterocycles. The van der Waals surface area contributed by atoms with Crippen LogP contribution < -0.4 is 10.6 Å². The highest BCUT2D eigenvalue weighted by molar-refractivity contribution is 7.80. The lowest BCUT2D eigenvalue weighted by Gasteiger charge is -2.24. The molecule has 0 aromatic carbocycles. The molecule has 18 heavy (non-hydrogen) atoms. The van der Waals surface area contributed by atoms with Gasteiger partial charge in [0.25, 0.3) is 0 Å². The van der Waals surface area contributed by atoms with Crippen molar-refractivity contribution in [1.29, 1.82) is 0 Å². The molecule has 0 amide bonds. The van der Waals surface area contributed by atoms with Crippen LogP contribution >= 0.6 is 12.2 Å². The summed E-state index contributed by atoms with van der Waals surface area (Å²) in [5.41, 5.74) is 5.92. The number of pyridine rings is 1. The van der Waals surface area contributed by atoms with Gasteiger partial charge in [0.15, 0.2) is 0 Å². The zero-order valence-electron chi connectivity index (χ0n) is 9.31. The topological polar surface area (TPSA) is 62.4 Å². The Hall–Kier alpha value is -1.41. The average Bonchev–Trinajstić information content (AvgIpc) is 2.27. The van der Waals surface area contributed by atoms with Crippen molar-refractivity contribution in [2.75, 3.05) is 24.6 Å². The van der Waals surface area contributed by atoms with E-state index in [0.29, 0.717) is 5.69 Å². The van der Waals surface area contributed by atoms with Crippen molar-refractivity contribution in [2.24, 2.45) is 5.73 Å². The highest BCUT2D eigenvalue weighted by Crippen LogP contribution is 2.21. The van der Waals surface area contributed by atoms with Crippen molar-refractivity contribution in [3.8, 4) is 0 Å². The molecule has 1 heterocycles. The van der Waals surface area contributed by atoms with Crippen molar-refractivity contribution in [3.63, 3.8) is 0 Å². The van der Waals surface area contributed by atoms with Gasteiger partial charge in [-0.25, -0.2) is 0 Å². The number of alkyl halides is 3. The van der Waals surface area contributed by atoms with Gasteiger partial charge in [0.2, 0.25) is 0 Å². The number of halogens is 3. The van der Waals surface area contributed by atoms with Gasteiger partial charge >= 0.3 is 6.18 Å². The Morgan fingerprint density at radius 1 is 1.44 bits per heavy atom. The second kappa shape index (κ2) is 5.96. The fourth-order valence-electron chi connectivity index (χ4n) is 1.36. The quantitative estimate of drug-likeness (QED) is 0.790. The van der Waals surface area contributed by atoms with Crippen LogP contribution in [-0.2, 0) is 0 Å². The van der Waals surface area contributed by atoms with Gasteiger partial charge in [-0.2, -0.15) is 13.2 Å². The van der Waals surface area contributed by atoms with Crippen LogP contribution in [0.25, 0.3) is 0 Å². The Bertz CT molecular complexity index is 408. The molecule has 4 nitrogen and oxygen atoms in total. The number of aliphatic hydroxyl groups excluding tert-OH is 1. The highest BCUT2D eigenvalue weighted by atomic mass is 32.1. The third kappa shape index (κ3) is 4.46. The van der Waals surface area contributed by atoms with Crippen molar-refractivity contribution in [2.45, 2.75) is 6.18 Å². The van der Waals surface area contributed by atoms with Gasteiger partial charge in [-0.15, -0.1) is 0 Å². The van der Waals surface area contributed by atoms with E-state index in [1.807, 2.05) is 0 Å². The molecule has 0 aliphatic heterocycles. The fraction of sp³-hybridized carbons (Fsp3) is 0.400. The molecular formula is C10H12F3N3OS. The van der Waals surface area contributed by atoms with Crippen molar-refractivity contribution >= 4 is 22.9 Å². The van der Waals surface area contributed by atoms with Crippen LogP contribution in [0.2, 0.25) is 0 Å². The summed E-state index contributed by atoms with van der Waals surface area (Å²) in [4.78, 5) is 4.91. The lowest BCUT2D eigenvalue weighted by atomic mass is 10.3. The molecule has 3 N–H and O–H groups in total. The molecule has 0 bridgehead atoms. The van der Waals surface area contributed by atoms with Gasteiger partial charge < -0.3 is 15.7 Å². The first-order chi connectivity index (χ1) is 8.33. The summed E-state index contributed by atoms with van der Waals surface area (Å²) in [6.07, 6.45) is -3.10. The zero-order valence-corrected chi connectivity index (χ0v) is 10.1. The molecule has 0 radical (unpaired) electrons. The minimum absolute atomic E-state index is 0.0751. The highest BCUT2D eigenvalue weighted by Gasteiger charge is 2.30. The minimum Gasteiger partial charge on any atom is -0.395 e. The molecule has 0 atom stereocenters. The van der Waals surface area contributed by atoms with Gasteiger partial charge in [-0.1, -0.05) is 12.2 Å². The molecule has 0 aliphatic carbocycles. The molecule has 0 saturated carbocycles. The summed E-state index contributed by atoms with van der Waals surface area (Å²) < 4.78 is 37.0. The molecule has 8 heteroatoms. The largest absolute Gasteiger partial charge is 0.405 e. The molecule has 0 saturated heterocycles. The van der Waals surface area contributed by atoms with E-state index >= 15 is 0 Å². The lowest BCUT2D eigenvalue weighted by molar-refractivity contribution is -0.119. The number of rotatable bonds is 5. The zero-order chi connectivity index (χ0) is 13.8. The summed E-state index contributed by atoms with van der Waals surface area (Å²) in [5, 5.41) is 8.77. The first-order valence-electron chi connectivity index (χ1n) is 5.02. The number of thiocarbonyl (C=S) groups is 1. The van der Waals surface area contributed by atoms with Crippen molar-refractivity contribution in [3.05, 3.63) is 24.0 Å². The SMILES string of the molecule is NC(=S)c1ccc(N(CCO)CC(F)(F)F)cn1. The van der Waals surface area contributed by atoms with Gasteiger partial charge in [-0.3, -0.25) is 4.98 Å². The van der Waals surface area contributed by atoms with Gasteiger partial charge in [0.1, 0.15) is 11.5 Å². The molecule has 100 valence electrons. The Balaban J connectivity index is 2.88. The van der Waals surface area contributed by atoms with E-state index in [9.17, 15) is 13.2 Å². The van der Waals surface area contributed by atoms with E-state index in [4.69, 9.17) is 23.1 Å². The third-order valence-electron chi connectivity index (χ3n) is 2.11. The van der Waals surface area contributed by atoms with E-state index in [1.165, 1.54) is 18.3 Å². The van der Waals surface area contributed by atoms with Crippen molar-refractivity contribution < 1.29 is 18.3 Å². The number of nitrogens with zero attached hydrogens (tertiary/aromatic N) is 2. The molecule has 0 fully saturated rings. The maximum atomic E-state index is 12.3. The fourth-order valence-corrected chi connectivity index (χ4v) is 1.48. The molecule has 0 aliphatic rings. The first-order valence-corrected chi connectivity index (χ1v) is 5.43. The van der Waals surface area contributed by atoms with Crippen molar-refractivity contribution in [1.82, 2.24) is 4.98 Å². The number of nitrogens with two attached hydrogens (primary N) is 1. The second-order valence-electron chi connectivity index (χ2n) is 3.53. The Morgan fingerprint density at radius 3 is 2.50 bits per heavy atom. The smallest absolute Gasteiger partial charge is 0.395 e. The van der Waals surface area contributed by atoms with Crippen LogP contribution in [0, 0.1) is 0 Å². The number of hydrogen-bond acceptors (Lipinski definition) is 4. The van der Waals surface area contributed by atoms with E-state index < -0.39 is 12.7 Å². The maximum Gasteiger partial charge on any atom is 0.405 e. The van der Waals surface area contributed by atoms with Crippen LogP contribution in [0.15, 0.2) is 18.3 Å². The third-order valence-corrected chi connectivity index (χ3v) is 2.31. The standard InChI is InChI=1S/C10H12F3N3OS/c11-10(12,13)6-16(3-4-17)7-1-2-8(9(14)18)15-5-7/h1-2,5,17H,3-4,6H2,(H2,14,18). The normalized spacial score (nSPS) is 11.3. The summed E-state index contributed by atoms with van der Waals surface area (Å²) in [6.45, 7) is -1.66. The van der Waals surface area contributed by atoms with Gasteiger partial charge in [0.05, 0.1) is 24.2 Å². The summed E-state index contributed by atoms with van der Waals surface area (Å²) in [7, 11) is 0. The predicted octanol–water partition coefficient (Wildman–Crippen LogP) is 1.08.